The predicted octanol–water partition coefficient (Wildman–Crippen LogP) is 2.86. The molecule has 3 aromatic rings. The fourth-order valence-corrected chi connectivity index (χ4v) is 2.69. The highest BCUT2D eigenvalue weighted by Gasteiger charge is 2.06. The Morgan fingerprint density at radius 2 is 1.83 bits per heavy atom. The minimum Gasteiger partial charge on any atom is -0.484 e. The quantitative estimate of drug-likeness (QED) is 0.668. The maximum atomic E-state index is 13.1. The number of amides is 1. The summed E-state index contributed by atoms with van der Waals surface area (Å²) in [5.41, 5.74) is 3.22. The zero-order chi connectivity index (χ0) is 20.8. The molecule has 1 amide bonds. The lowest BCUT2D eigenvalue weighted by molar-refractivity contribution is -0.123. The Morgan fingerprint density at radius 1 is 1.07 bits per heavy atom. The standard InChI is InChI=1S/C22H22FN3O3/c1-15-3-8-19(13-16(15)2)29-14-21(27)24-11-12-26-22(28)10-9-20(25-26)17-4-6-18(23)7-5-17/h3-10,13H,11-12,14H2,1-2H3,(H,24,27). The van der Waals surface area contributed by atoms with Gasteiger partial charge in [-0.1, -0.05) is 6.07 Å². The van der Waals surface area contributed by atoms with E-state index in [0.29, 0.717) is 17.0 Å². The van der Waals surface area contributed by atoms with E-state index in [4.69, 9.17) is 4.74 Å². The third kappa shape index (κ3) is 5.51. The van der Waals surface area contributed by atoms with Crippen molar-refractivity contribution in [1.82, 2.24) is 15.1 Å². The molecule has 29 heavy (non-hydrogen) atoms. The lowest BCUT2D eigenvalue weighted by Crippen LogP contribution is -2.34. The molecule has 0 atom stereocenters. The molecule has 3 rings (SSSR count). The minimum absolute atomic E-state index is 0.111. The van der Waals surface area contributed by atoms with Crippen LogP contribution in [0.4, 0.5) is 4.39 Å². The van der Waals surface area contributed by atoms with Gasteiger partial charge in [-0.25, -0.2) is 9.07 Å². The van der Waals surface area contributed by atoms with Gasteiger partial charge in [0.15, 0.2) is 6.61 Å². The number of hydrogen-bond acceptors (Lipinski definition) is 4. The van der Waals surface area contributed by atoms with Crippen molar-refractivity contribution in [2.75, 3.05) is 13.2 Å². The van der Waals surface area contributed by atoms with E-state index in [1.165, 1.54) is 22.9 Å². The van der Waals surface area contributed by atoms with E-state index < -0.39 is 0 Å². The monoisotopic (exact) mass is 395 g/mol. The molecule has 1 heterocycles. The zero-order valence-corrected chi connectivity index (χ0v) is 16.3. The topological polar surface area (TPSA) is 73.2 Å². The van der Waals surface area contributed by atoms with E-state index in [-0.39, 0.29) is 37.0 Å². The number of benzene rings is 2. The molecule has 0 bridgehead atoms. The molecule has 1 aromatic heterocycles. The van der Waals surface area contributed by atoms with E-state index >= 15 is 0 Å². The van der Waals surface area contributed by atoms with E-state index in [2.05, 4.69) is 10.4 Å². The summed E-state index contributed by atoms with van der Waals surface area (Å²) in [7, 11) is 0. The highest BCUT2D eigenvalue weighted by atomic mass is 19.1. The van der Waals surface area contributed by atoms with Crippen LogP contribution in [0.25, 0.3) is 11.3 Å². The van der Waals surface area contributed by atoms with Gasteiger partial charge in [0.2, 0.25) is 0 Å². The Kier molecular flexibility index (Phi) is 6.39. The van der Waals surface area contributed by atoms with Crippen molar-refractivity contribution in [3.63, 3.8) is 0 Å². The average Bonchev–Trinajstić information content (AvgIpc) is 2.71. The SMILES string of the molecule is Cc1ccc(OCC(=O)NCCn2nc(-c3ccc(F)cc3)ccc2=O)cc1C. The van der Waals surface area contributed by atoms with Crippen LogP contribution in [0.5, 0.6) is 5.75 Å². The summed E-state index contributed by atoms with van der Waals surface area (Å²) in [6.45, 7) is 4.32. The second kappa shape index (κ2) is 9.14. The van der Waals surface area contributed by atoms with Gasteiger partial charge < -0.3 is 10.1 Å². The number of aromatic nitrogens is 2. The van der Waals surface area contributed by atoms with Gasteiger partial charge in [0.1, 0.15) is 11.6 Å². The molecule has 0 radical (unpaired) electrons. The Labute approximate surface area is 168 Å². The molecule has 0 aliphatic carbocycles. The van der Waals surface area contributed by atoms with E-state index in [9.17, 15) is 14.0 Å². The third-order valence-electron chi connectivity index (χ3n) is 4.50. The van der Waals surface area contributed by atoms with Gasteiger partial charge in [-0.2, -0.15) is 5.10 Å². The molecule has 0 unspecified atom stereocenters. The fourth-order valence-electron chi connectivity index (χ4n) is 2.69. The molecule has 150 valence electrons. The van der Waals surface area contributed by atoms with Crippen LogP contribution >= 0.6 is 0 Å². The molecule has 7 heteroatoms. The Balaban J connectivity index is 1.53. The summed E-state index contributed by atoms with van der Waals surface area (Å²) in [5, 5.41) is 6.99. The number of ether oxygens (including phenoxy) is 1. The van der Waals surface area contributed by atoms with Crippen LogP contribution in [0.15, 0.2) is 59.4 Å². The molecule has 6 nitrogen and oxygen atoms in total. The van der Waals surface area contributed by atoms with Crippen molar-refractivity contribution in [3.05, 3.63) is 81.9 Å². The molecule has 0 fully saturated rings. The summed E-state index contributed by atoms with van der Waals surface area (Å²) in [6, 6.07) is 14.5. The van der Waals surface area contributed by atoms with Crippen molar-refractivity contribution in [2.24, 2.45) is 0 Å². The van der Waals surface area contributed by atoms with Crippen molar-refractivity contribution >= 4 is 5.91 Å². The first-order chi connectivity index (χ1) is 13.9. The number of carbonyl (C=O) groups excluding carboxylic acids is 1. The van der Waals surface area contributed by atoms with Crippen molar-refractivity contribution in [3.8, 4) is 17.0 Å². The summed E-state index contributed by atoms with van der Waals surface area (Å²) in [4.78, 5) is 24.0. The van der Waals surface area contributed by atoms with Gasteiger partial charge in [0.25, 0.3) is 11.5 Å². The van der Waals surface area contributed by atoms with Gasteiger partial charge in [0, 0.05) is 18.2 Å². The molecule has 0 aliphatic rings. The van der Waals surface area contributed by atoms with Gasteiger partial charge in [0.05, 0.1) is 12.2 Å². The van der Waals surface area contributed by atoms with Crippen molar-refractivity contribution in [1.29, 1.82) is 0 Å². The van der Waals surface area contributed by atoms with Gasteiger partial charge in [-0.15, -0.1) is 0 Å². The number of aryl methyl sites for hydroxylation is 2. The molecule has 0 saturated carbocycles. The maximum Gasteiger partial charge on any atom is 0.266 e. The minimum atomic E-state index is -0.340. The van der Waals surface area contributed by atoms with Gasteiger partial charge >= 0.3 is 0 Å². The van der Waals surface area contributed by atoms with Crippen LogP contribution in [0, 0.1) is 19.7 Å². The number of nitrogens with zero attached hydrogens (tertiary/aromatic N) is 2. The van der Waals surface area contributed by atoms with Crippen LogP contribution < -0.4 is 15.6 Å². The number of nitrogens with one attached hydrogen (secondary N) is 1. The summed E-state index contributed by atoms with van der Waals surface area (Å²) in [5.74, 6) is 0.00639. The van der Waals surface area contributed by atoms with Crippen LogP contribution in [-0.2, 0) is 11.3 Å². The summed E-state index contributed by atoms with van der Waals surface area (Å²) < 4.78 is 19.8. The van der Waals surface area contributed by atoms with Crippen LogP contribution in [0.3, 0.4) is 0 Å². The molecule has 0 saturated heterocycles. The molecular formula is C22H22FN3O3. The first-order valence-corrected chi connectivity index (χ1v) is 9.23. The normalized spacial score (nSPS) is 10.6. The fraction of sp³-hybridized carbons (Fsp3) is 0.227. The molecule has 0 aliphatic heterocycles. The number of carbonyl (C=O) groups is 1. The number of rotatable bonds is 7. The second-order valence-electron chi connectivity index (χ2n) is 6.67. The van der Waals surface area contributed by atoms with E-state index in [0.717, 1.165) is 11.1 Å². The summed E-state index contributed by atoms with van der Waals surface area (Å²) in [6.07, 6.45) is 0. The number of halogens is 1. The van der Waals surface area contributed by atoms with Gasteiger partial charge in [-0.3, -0.25) is 9.59 Å². The zero-order valence-electron chi connectivity index (χ0n) is 16.3. The van der Waals surface area contributed by atoms with Crippen molar-refractivity contribution in [2.45, 2.75) is 20.4 Å². The van der Waals surface area contributed by atoms with Crippen LogP contribution in [-0.4, -0.2) is 28.8 Å². The predicted molar refractivity (Wildman–Crippen MR) is 108 cm³/mol. The Morgan fingerprint density at radius 3 is 2.55 bits per heavy atom. The first kappa shape index (κ1) is 20.3. The Bertz CT molecular complexity index is 1060. The third-order valence-corrected chi connectivity index (χ3v) is 4.50. The molecule has 0 spiro atoms. The lowest BCUT2D eigenvalue weighted by Gasteiger charge is -2.10. The maximum absolute atomic E-state index is 13.1. The molecule has 2 aromatic carbocycles. The first-order valence-electron chi connectivity index (χ1n) is 9.23. The summed E-state index contributed by atoms with van der Waals surface area (Å²) >= 11 is 0. The lowest BCUT2D eigenvalue weighted by atomic mass is 10.1. The van der Waals surface area contributed by atoms with E-state index in [1.54, 1.807) is 18.2 Å². The van der Waals surface area contributed by atoms with Crippen LogP contribution in [0.1, 0.15) is 11.1 Å². The van der Waals surface area contributed by atoms with Crippen molar-refractivity contribution < 1.29 is 13.9 Å². The highest BCUT2D eigenvalue weighted by molar-refractivity contribution is 5.77. The average molecular weight is 395 g/mol. The smallest absolute Gasteiger partial charge is 0.266 e. The number of hydrogen-bond donors (Lipinski definition) is 1. The van der Waals surface area contributed by atoms with Gasteiger partial charge in [-0.05, 0) is 67.4 Å². The Hall–Kier alpha value is -3.48. The van der Waals surface area contributed by atoms with Crippen LogP contribution in [0.2, 0.25) is 0 Å². The highest BCUT2D eigenvalue weighted by Crippen LogP contribution is 2.16. The molecule has 1 N–H and O–H groups in total. The molecular weight excluding hydrogens is 373 g/mol. The second-order valence-corrected chi connectivity index (χ2v) is 6.67. The largest absolute Gasteiger partial charge is 0.484 e. The van der Waals surface area contributed by atoms with E-state index in [1.807, 2.05) is 32.0 Å².